The van der Waals surface area contributed by atoms with Crippen molar-refractivity contribution in [3.63, 3.8) is 0 Å². The number of hydrogen-bond donors (Lipinski definition) is 1. The van der Waals surface area contributed by atoms with Crippen LogP contribution in [0.5, 0.6) is 0 Å². The van der Waals surface area contributed by atoms with E-state index >= 15 is 0 Å². The average molecular weight is 405 g/mol. The fraction of sp³-hybridized carbons (Fsp3) is 0.364. The Labute approximate surface area is 174 Å². The molecule has 8 nitrogen and oxygen atoms in total. The first kappa shape index (κ1) is 18.9. The molecule has 1 aromatic carbocycles. The third-order valence-electron chi connectivity index (χ3n) is 5.94. The van der Waals surface area contributed by atoms with Crippen LogP contribution in [-0.2, 0) is 24.3 Å². The maximum Gasteiger partial charge on any atom is 0.338 e. The Morgan fingerprint density at radius 1 is 1.27 bits per heavy atom. The SMILES string of the molecule is Cc1cn(-c2ncc3c(n2)CCN(CC(O)c2ccc4c(c2C)COC4=O)C3)cn1. The second kappa shape index (κ2) is 7.30. The Bertz CT molecular complexity index is 1140. The lowest BCUT2D eigenvalue weighted by atomic mass is 9.95. The Morgan fingerprint density at radius 3 is 2.93 bits per heavy atom. The summed E-state index contributed by atoms with van der Waals surface area (Å²) in [5.41, 5.74) is 6.33. The van der Waals surface area contributed by atoms with Crippen LogP contribution in [0.2, 0.25) is 0 Å². The fourth-order valence-corrected chi connectivity index (χ4v) is 4.25. The lowest BCUT2D eigenvalue weighted by Gasteiger charge is -2.30. The fourth-order valence-electron chi connectivity index (χ4n) is 4.25. The van der Waals surface area contributed by atoms with E-state index in [1.807, 2.05) is 36.9 Å². The number of aliphatic hydroxyl groups excluding tert-OH is 1. The van der Waals surface area contributed by atoms with Gasteiger partial charge < -0.3 is 9.84 Å². The number of cyclic esters (lactones) is 1. The highest BCUT2D eigenvalue weighted by atomic mass is 16.5. The summed E-state index contributed by atoms with van der Waals surface area (Å²) in [4.78, 5) is 27.4. The zero-order valence-electron chi connectivity index (χ0n) is 17.0. The third-order valence-corrected chi connectivity index (χ3v) is 5.94. The molecule has 2 aromatic heterocycles. The van der Waals surface area contributed by atoms with Crippen molar-refractivity contribution in [2.75, 3.05) is 13.1 Å². The molecule has 1 N–H and O–H groups in total. The molecule has 2 aliphatic rings. The van der Waals surface area contributed by atoms with E-state index in [-0.39, 0.29) is 12.6 Å². The number of aromatic nitrogens is 4. The molecule has 0 amide bonds. The molecule has 8 heteroatoms. The maximum atomic E-state index is 11.7. The van der Waals surface area contributed by atoms with Gasteiger partial charge >= 0.3 is 5.97 Å². The largest absolute Gasteiger partial charge is 0.457 e. The lowest BCUT2D eigenvalue weighted by Crippen LogP contribution is -2.35. The van der Waals surface area contributed by atoms with E-state index in [0.717, 1.165) is 46.6 Å². The number of aliphatic hydroxyl groups is 1. The summed E-state index contributed by atoms with van der Waals surface area (Å²) in [6, 6.07) is 3.60. The second-order valence-corrected chi connectivity index (χ2v) is 7.95. The minimum Gasteiger partial charge on any atom is -0.457 e. The molecular weight excluding hydrogens is 382 g/mol. The number of rotatable bonds is 4. The second-order valence-electron chi connectivity index (χ2n) is 7.95. The van der Waals surface area contributed by atoms with Gasteiger partial charge in [0.25, 0.3) is 0 Å². The first-order chi connectivity index (χ1) is 14.5. The smallest absolute Gasteiger partial charge is 0.338 e. The van der Waals surface area contributed by atoms with E-state index in [4.69, 9.17) is 9.72 Å². The summed E-state index contributed by atoms with van der Waals surface area (Å²) in [6.07, 6.45) is 5.67. The summed E-state index contributed by atoms with van der Waals surface area (Å²) < 4.78 is 6.95. The van der Waals surface area contributed by atoms with Crippen LogP contribution in [-0.4, -0.2) is 48.6 Å². The van der Waals surface area contributed by atoms with Crippen molar-refractivity contribution >= 4 is 5.97 Å². The predicted octanol–water partition coefficient (Wildman–Crippen LogP) is 2.04. The van der Waals surface area contributed by atoms with Crippen molar-refractivity contribution in [3.05, 3.63) is 70.1 Å². The van der Waals surface area contributed by atoms with E-state index in [1.165, 1.54) is 0 Å². The molecule has 3 aromatic rings. The molecule has 0 saturated carbocycles. The molecule has 154 valence electrons. The summed E-state index contributed by atoms with van der Waals surface area (Å²) in [5.74, 6) is 0.348. The topological polar surface area (TPSA) is 93.4 Å². The average Bonchev–Trinajstić information content (AvgIpc) is 3.34. The van der Waals surface area contributed by atoms with Gasteiger partial charge in [-0.25, -0.2) is 19.7 Å². The molecule has 2 aliphatic heterocycles. The van der Waals surface area contributed by atoms with Crippen molar-refractivity contribution in [3.8, 4) is 5.95 Å². The van der Waals surface area contributed by atoms with Gasteiger partial charge in [-0.05, 0) is 31.0 Å². The molecule has 5 rings (SSSR count). The molecule has 30 heavy (non-hydrogen) atoms. The Balaban J connectivity index is 1.30. The zero-order chi connectivity index (χ0) is 20.8. The van der Waals surface area contributed by atoms with Crippen LogP contribution in [0.4, 0.5) is 0 Å². The number of nitrogens with zero attached hydrogens (tertiary/aromatic N) is 5. The molecule has 1 atom stereocenters. The van der Waals surface area contributed by atoms with Gasteiger partial charge in [0, 0.05) is 49.6 Å². The van der Waals surface area contributed by atoms with Gasteiger partial charge in [0.1, 0.15) is 12.9 Å². The molecule has 0 radical (unpaired) electrons. The van der Waals surface area contributed by atoms with E-state index in [1.54, 1.807) is 12.4 Å². The predicted molar refractivity (Wildman–Crippen MR) is 108 cm³/mol. The van der Waals surface area contributed by atoms with Gasteiger partial charge in [-0.3, -0.25) is 9.47 Å². The zero-order valence-corrected chi connectivity index (χ0v) is 17.0. The van der Waals surface area contributed by atoms with Crippen molar-refractivity contribution in [1.82, 2.24) is 24.4 Å². The molecular formula is C22H23N5O3. The van der Waals surface area contributed by atoms with Crippen LogP contribution in [0.1, 0.15) is 50.1 Å². The Kier molecular flexibility index (Phi) is 4.60. The molecule has 0 fully saturated rings. The van der Waals surface area contributed by atoms with Crippen LogP contribution < -0.4 is 0 Å². The quantitative estimate of drug-likeness (QED) is 0.664. The number of fused-ring (bicyclic) bond motifs is 2. The van der Waals surface area contributed by atoms with Crippen LogP contribution in [0.25, 0.3) is 5.95 Å². The van der Waals surface area contributed by atoms with Crippen molar-refractivity contribution < 1.29 is 14.6 Å². The number of carbonyl (C=O) groups is 1. The number of ether oxygens (including phenoxy) is 1. The number of β-amino-alcohol motifs (C(OH)–C–C–N with tert-alkyl or cyclic N) is 1. The van der Waals surface area contributed by atoms with Crippen LogP contribution in [0, 0.1) is 13.8 Å². The van der Waals surface area contributed by atoms with E-state index < -0.39 is 6.10 Å². The Hall–Kier alpha value is -3.10. The third kappa shape index (κ3) is 3.28. The van der Waals surface area contributed by atoms with Crippen molar-refractivity contribution in [1.29, 1.82) is 0 Å². The molecule has 1 unspecified atom stereocenters. The lowest BCUT2D eigenvalue weighted by molar-refractivity contribution is 0.0535. The number of benzene rings is 1. The van der Waals surface area contributed by atoms with Gasteiger partial charge in [-0.2, -0.15) is 0 Å². The first-order valence-corrected chi connectivity index (χ1v) is 10.1. The molecule has 0 aliphatic carbocycles. The monoisotopic (exact) mass is 405 g/mol. The van der Waals surface area contributed by atoms with Gasteiger partial charge in [0.15, 0.2) is 0 Å². The number of aryl methyl sites for hydroxylation is 1. The van der Waals surface area contributed by atoms with Gasteiger partial charge in [-0.1, -0.05) is 6.07 Å². The first-order valence-electron chi connectivity index (χ1n) is 10.1. The summed E-state index contributed by atoms with van der Waals surface area (Å²) in [6.45, 7) is 6.18. The van der Waals surface area contributed by atoms with Gasteiger partial charge in [0.2, 0.25) is 5.95 Å². The van der Waals surface area contributed by atoms with E-state index in [9.17, 15) is 9.90 Å². The molecule has 0 spiro atoms. The summed E-state index contributed by atoms with van der Waals surface area (Å²) in [5, 5.41) is 10.9. The highest BCUT2D eigenvalue weighted by molar-refractivity contribution is 5.93. The molecule has 4 heterocycles. The number of esters is 1. The van der Waals surface area contributed by atoms with Crippen LogP contribution in [0.15, 0.2) is 30.9 Å². The minimum absolute atomic E-state index is 0.285. The number of hydrogen-bond acceptors (Lipinski definition) is 7. The summed E-state index contributed by atoms with van der Waals surface area (Å²) in [7, 11) is 0. The van der Waals surface area contributed by atoms with Crippen molar-refractivity contribution in [2.45, 2.75) is 39.5 Å². The summed E-state index contributed by atoms with van der Waals surface area (Å²) >= 11 is 0. The van der Waals surface area contributed by atoms with Crippen LogP contribution >= 0.6 is 0 Å². The van der Waals surface area contributed by atoms with Gasteiger partial charge in [-0.15, -0.1) is 0 Å². The minimum atomic E-state index is -0.637. The van der Waals surface area contributed by atoms with Gasteiger partial charge in [0.05, 0.1) is 23.1 Å². The molecule has 0 saturated heterocycles. The van der Waals surface area contributed by atoms with E-state index in [0.29, 0.717) is 24.6 Å². The Morgan fingerprint density at radius 2 is 2.13 bits per heavy atom. The highest BCUT2D eigenvalue weighted by Crippen LogP contribution is 2.30. The maximum absolute atomic E-state index is 11.7. The number of imidazole rings is 1. The normalized spacial score (nSPS) is 16.8. The van der Waals surface area contributed by atoms with E-state index in [2.05, 4.69) is 14.9 Å². The van der Waals surface area contributed by atoms with Crippen LogP contribution in [0.3, 0.4) is 0 Å². The molecule has 0 bridgehead atoms. The number of carbonyl (C=O) groups excluding carboxylic acids is 1. The standard InChI is InChI=1S/C22H23N5O3/c1-13-8-27(12-24-13)22-23-7-15-9-26(6-5-19(15)25-22)10-20(28)16-3-4-17-18(14(16)2)11-30-21(17)29/h3-4,7-8,12,20,28H,5-6,9-11H2,1-2H3. The highest BCUT2D eigenvalue weighted by Gasteiger charge is 2.27. The van der Waals surface area contributed by atoms with Crippen molar-refractivity contribution in [2.24, 2.45) is 0 Å².